The maximum Gasteiger partial charge on any atom is 0.347 e. The van der Waals surface area contributed by atoms with Crippen LogP contribution in [-0.2, 0) is 11.3 Å². The number of carboxylic acids is 1. The molecule has 0 aliphatic rings. The van der Waals surface area contributed by atoms with Gasteiger partial charge >= 0.3 is 12.0 Å². The maximum atomic E-state index is 11.6. The highest BCUT2D eigenvalue weighted by atomic mass is 32.1. The Morgan fingerprint density at radius 1 is 1.50 bits per heavy atom. The lowest BCUT2D eigenvalue weighted by Gasteiger charge is -2.13. The van der Waals surface area contributed by atoms with Crippen molar-refractivity contribution in [2.45, 2.75) is 33.4 Å². The zero-order valence-corrected chi connectivity index (χ0v) is 12.5. The van der Waals surface area contributed by atoms with Crippen LogP contribution in [-0.4, -0.2) is 41.3 Å². The minimum Gasteiger partial charge on any atom is -0.477 e. The maximum absolute atomic E-state index is 11.6. The Balaban J connectivity index is 2.41. The molecule has 0 aliphatic heterocycles. The molecule has 3 N–H and O–H groups in total. The third-order valence-electron chi connectivity index (χ3n) is 2.38. The van der Waals surface area contributed by atoms with Gasteiger partial charge in [-0.15, -0.1) is 11.3 Å². The van der Waals surface area contributed by atoms with E-state index in [1.807, 2.05) is 13.8 Å². The minimum atomic E-state index is -0.999. The van der Waals surface area contributed by atoms with Crippen LogP contribution in [0.5, 0.6) is 0 Å². The molecule has 0 saturated heterocycles. The van der Waals surface area contributed by atoms with Gasteiger partial charge in [0.1, 0.15) is 9.88 Å². The molecule has 8 heteroatoms. The molecule has 2 amide bonds. The van der Waals surface area contributed by atoms with E-state index in [2.05, 4.69) is 15.6 Å². The summed E-state index contributed by atoms with van der Waals surface area (Å²) >= 11 is 1.06. The van der Waals surface area contributed by atoms with Crippen LogP contribution in [0.15, 0.2) is 0 Å². The third kappa shape index (κ3) is 5.14. The van der Waals surface area contributed by atoms with Gasteiger partial charge in [0.05, 0.1) is 24.9 Å². The molecule has 0 aliphatic carbocycles. The molecule has 112 valence electrons. The summed E-state index contributed by atoms with van der Waals surface area (Å²) < 4.78 is 5.19. The first kappa shape index (κ1) is 16.4. The van der Waals surface area contributed by atoms with Gasteiger partial charge in [-0.1, -0.05) is 0 Å². The quantitative estimate of drug-likeness (QED) is 0.706. The molecule has 1 aromatic heterocycles. The molecule has 1 unspecified atom stereocenters. The Morgan fingerprint density at radius 2 is 2.20 bits per heavy atom. The number of hydrogen-bond acceptors (Lipinski definition) is 5. The molecule has 0 fully saturated rings. The van der Waals surface area contributed by atoms with Crippen molar-refractivity contribution in [2.75, 3.05) is 13.2 Å². The standard InChI is InChI=1S/C12H19N3O4S/c1-4-19-6-7(2)14-12(18)13-5-9-15-8(3)10(20-9)11(16)17/h7H,4-6H2,1-3H3,(H,16,17)(H2,13,14,18). The summed E-state index contributed by atoms with van der Waals surface area (Å²) in [7, 11) is 0. The van der Waals surface area contributed by atoms with E-state index in [4.69, 9.17) is 9.84 Å². The first-order valence-electron chi connectivity index (χ1n) is 6.25. The molecule has 1 rings (SSSR count). The number of nitrogens with one attached hydrogen (secondary N) is 2. The number of aromatic carboxylic acids is 1. The van der Waals surface area contributed by atoms with Crippen molar-refractivity contribution in [3.8, 4) is 0 Å². The number of aromatic nitrogens is 1. The molecule has 1 atom stereocenters. The van der Waals surface area contributed by atoms with Crippen molar-refractivity contribution in [3.05, 3.63) is 15.6 Å². The van der Waals surface area contributed by atoms with Gasteiger partial charge in [-0.3, -0.25) is 0 Å². The van der Waals surface area contributed by atoms with E-state index < -0.39 is 5.97 Å². The van der Waals surface area contributed by atoms with Gasteiger partial charge in [-0.05, 0) is 20.8 Å². The highest BCUT2D eigenvalue weighted by Crippen LogP contribution is 2.17. The Labute approximate surface area is 121 Å². The second kappa shape index (κ2) is 7.81. The second-order valence-electron chi connectivity index (χ2n) is 4.21. The first-order valence-corrected chi connectivity index (χ1v) is 7.07. The normalized spacial score (nSPS) is 11.9. The highest BCUT2D eigenvalue weighted by Gasteiger charge is 2.14. The van der Waals surface area contributed by atoms with Crippen molar-refractivity contribution in [2.24, 2.45) is 0 Å². The van der Waals surface area contributed by atoms with Crippen LogP contribution in [0.25, 0.3) is 0 Å². The van der Waals surface area contributed by atoms with Crippen molar-refractivity contribution >= 4 is 23.3 Å². The molecule has 0 bridgehead atoms. The van der Waals surface area contributed by atoms with Gasteiger partial charge in [0.2, 0.25) is 0 Å². The first-order chi connectivity index (χ1) is 9.43. The number of carbonyl (C=O) groups is 2. The van der Waals surface area contributed by atoms with E-state index in [0.717, 1.165) is 11.3 Å². The Kier molecular flexibility index (Phi) is 6.40. The number of aryl methyl sites for hydroxylation is 1. The lowest BCUT2D eigenvalue weighted by molar-refractivity contribution is 0.0701. The smallest absolute Gasteiger partial charge is 0.347 e. The van der Waals surface area contributed by atoms with Crippen LogP contribution in [0.4, 0.5) is 4.79 Å². The fourth-order valence-corrected chi connectivity index (χ4v) is 2.34. The lowest BCUT2D eigenvalue weighted by Crippen LogP contribution is -2.42. The number of urea groups is 1. The second-order valence-corrected chi connectivity index (χ2v) is 5.30. The Morgan fingerprint density at radius 3 is 2.75 bits per heavy atom. The minimum absolute atomic E-state index is 0.0949. The van der Waals surface area contributed by atoms with E-state index in [0.29, 0.717) is 23.9 Å². The van der Waals surface area contributed by atoms with Crippen LogP contribution in [0.1, 0.15) is 34.2 Å². The molecule has 1 heterocycles. The number of ether oxygens (including phenoxy) is 1. The number of carboxylic acid groups (broad SMARTS) is 1. The van der Waals surface area contributed by atoms with E-state index in [-0.39, 0.29) is 23.5 Å². The predicted molar refractivity (Wildman–Crippen MR) is 75.1 cm³/mol. The van der Waals surface area contributed by atoms with Crippen molar-refractivity contribution in [3.63, 3.8) is 0 Å². The lowest BCUT2D eigenvalue weighted by atomic mass is 10.4. The third-order valence-corrected chi connectivity index (χ3v) is 3.53. The topological polar surface area (TPSA) is 101 Å². The predicted octanol–water partition coefficient (Wildman–Crippen LogP) is 1.37. The zero-order chi connectivity index (χ0) is 15.1. The Hall–Kier alpha value is -1.67. The number of thiazole rings is 1. The fourth-order valence-electron chi connectivity index (χ4n) is 1.49. The van der Waals surface area contributed by atoms with Crippen LogP contribution in [0, 0.1) is 6.92 Å². The molecule has 1 aromatic rings. The van der Waals surface area contributed by atoms with Gasteiger partial charge in [-0.25, -0.2) is 14.6 Å². The Bertz CT molecular complexity index is 475. The highest BCUT2D eigenvalue weighted by molar-refractivity contribution is 7.13. The largest absolute Gasteiger partial charge is 0.477 e. The van der Waals surface area contributed by atoms with Crippen LogP contribution >= 0.6 is 11.3 Å². The number of rotatable bonds is 7. The van der Waals surface area contributed by atoms with Gasteiger partial charge in [0.15, 0.2) is 0 Å². The fraction of sp³-hybridized carbons (Fsp3) is 0.583. The SMILES string of the molecule is CCOCC(C)NC(=O)NCc1nc(C)c(C(=O)O)s1. The molecule has 20 heavy (non-hydrogen) atoms. The van der Waals surface area contributed by atoms with Crippen LogP contribution in [0.2, 0.25) is 0 Å². The molecule has 0 saturated carbocycles. The zero-order valence-electron chi connectivity index (χ0n) is 11.7. The van der Waals surface area contributed by atoms with Crippen LogP contribution in [0.3, 0.4) is 0 Å². The van der Waals surface area contributed by atoms with E-state index in [9.17, 15) is 9.59 Å². The summed E-state index contributed by atoms with van der Waals surface area (Å²) in [6.45, 7) is 6.61. The summed E-state index contributed by atoms with van der Waals surface area (Å²) in [6, 6.07) is -0.426. The molecule has 0 aromatic carbocycles. The van der Waals surface area contributed by atoms with Crippen molar-refractivity contribution in [1.29, 1.82) is 0 Å². The molecule has 0 radical (unpaired) electrons. The summed E-state index contributed by atoms with van der Waals surface area (Å²) in [5.74, 6) is -0.999. The van der Waals surface area contributed by atoms with Crippen molar-refractivity contribution in [1.82, 2.24) is 15.6 Å². The summed E-state index contributed by atoms with van der Waals surface area (Å²) in [4.78, 5) is 26.8. The number of hydrogen-bond donors (Lipinski definition) is 3. The van der Waals surface area contributed by atoms with E-state index >= 15 is 0 Å². The average molecular weight is 301 g/mol. The monoisotopic (exact) mass is 301 g/mol. The van der Waals surface area contributed by atoms with Crippen LogP contribution < -0.4 is 10.6 Å². The summed E-state index contributed by atoms with van der Waals surface area (Å²) in [5.41, 5.74) is 0.462. The van der Waals surface area contributed by atoms with E-state index in [1.54, 1.807) is 6.92 Å². The van der Waals surface area contributed by atoms with E-state index in [1.165, 1.54) is 0 Å². The average Bonchev–Trinajstić information content (AvgIpc) is 2.75. The van der Waals surface area contributed by atoms with Gasteiger partial charge in [0, 0.05) is 6.61 Å². The molecule has 0 spiro atoms. The number of nitrogens with zero attached hydrogens (tertiary/aromatic N) is 1. The summed E-state index contributed by atoms with van der Waals surface area (Å²) in [5, 5.41) is 14.8. The molecular formula is C12H19N3O4S. The molecular weight excluding hydrogens is 282 g/mol. The molecule has 7 nitrogen and oxygen atoms in total. The van der Waals surface area contributed by atoms with Crippen molar-refractivity contribution < 1.29 is 19.4 Å². The number of amides is 2. The van der Waals surface area contributed by atoms with Gasteiger partial charge < -0.3 is 20.5 Å². The number of carbonyl (C=O) groups excluding carboxylic acids is 1. The van der Waals surface area contributed by atoms with Gasteiger partial charge in [-0.2, -0.15) is 0 Å². The summed E-state index contributed by atoms with van der Waals surface area (Å²) in [6.07, 6.45) is 0. The van der Waals surface area contributed by atoms with Gasteiger partial charge in [0.25, 0.3) is 0 Å².